The molecule has 0 N–H and O–H groups in total. The molecule has 0 aliphatic carbocycles. The molecular formula is C38H42NO9P. The van der Waals surface area contributed by atoms with Gasteiger partial charge in [0.2, 0.25) is 0 Å². The first-order valence-corrected chi connectivity index (χ1v) is 17.6. The molecule has 5 rings (SSSR count). The molecule has 6 atom stereocenters. The van der Waals surface area contributed by atoms with Crippen LogP contribution in [-0.2, 0) is 68.2 Å². The summed E-state index contributed by atoms with van der Waals surface area (Å²) < 4.78 is 63.0. The van der Waals surface area contributed by atoms with Crippen molar-refractivity contribution < 1.29 is 41.8 Å². The summed E-state index contributed by atoms with van der Waals surface area (Å²) in [6.45, 7) is 0.364. The number of hydrogen-bond acceptors (Lipinski definition) is 10. The lowest BCUT2D eigenvalue weighted by molar-refractivity contribution is -0.321. The van der Waals surface area contributed by atoms with Crippen molar-refractivity contribution in [2.45, 2.75) is 63.6 Å². The Kier molecular flexibility index (Phi) is 14.5. The largest absolute Gasteiger partial charge is 0.475 e. The fourth-order valence-electron chi connectivity index (χ4n) is 5.28. The molecule has 10 nitrogen and oxygen atoms in total. The lowest BCUT2D eigenvalue weighted by Gasteiger charge is -2.45. The Morgan fingerprint density at radius 3 is 1.53 bits per heavy atom. The molecule has 4 aromatic rings. The zero-order valence-corrected chi connectivity index (χ0v) is 28.3. The smallest absolute Gasteiger partial charge is 0.368 e. The third kappa shape index (κ3) is 11.4. The lowest BCUT2D eigenvalue weighted by Crippen LogP contribution is -2.61. The summed E-state index contributed by atoms with van der Waals surface area (Å²) in [7, 11) is -2.64. The van der Waals surface area contributed by atoms with E-state index in [1.807, 2.05) is 127 Å². The highest BCUT2D eigenvalue weighted by atomic mass is 31.2. The van der Waals surface area contributed by atoms with E-state index in [1.165, 1.54) is 7.11 Å². The molecule has 0 radical (unpaired) electrons. The Balaban J connectivity index is 1.41. The first kappa shape index (κ1) is 36.6. The van der Waals surface area contributed by atoms with Gasteiger partial charge in [0.1, 0.15) is 24.4 Å². The molecule has 1 aliphatic rings. The number of hydrogen-bond donors (Lipinski definition) is 0. The molecule has 0 saturated carbocycles. The summed E-state index contributed by atoms with van der Waals surface area (Å²) >= 11 is 0. The molecule has 4 aromatic carbocycles. The number of nitriles is 1. The van der Waals surface area contributed by atoms with Crippen LogP contribution in [-0.4, -0.2) is 51.0 Å². The summed E-state index contributed by atoms with van der Waals surface area (Å²) in [6, 6.07) is 40.6. The van der Waals surface area contributed by atoms with Crippen LogP contribution in [0.3, 0.4) is 0 Å². The first-order valence-electron chi connectivity index (χ1n) is 16.2. The number of phosphoric ester groups is 1. The van der Waals surface area contributed by atoms with Crippen LogP contribution >= 0.6 is 7.82 Å². The zero-order valence-electron chi connectivity index (χ0n) is 27.5. The van der Waals surface area contributed by atoms with Crippen LogP contribution in [0.4, 0.5) is 0 Å². The number of benzene rings is 4. The van der Waals surface area contributed by atoms with Crippen molar-refractivity contribution in [3.05, 3.63) is 144 Å². The van der Waals surface area contributed by atoms with Crippen LogP contribution in [0.15, 0.2) is 121 Å². The van der Waals surface area contributed by atoms with Crippen molar-refractivity contribution in [3.63, 3.8) is 0 Å². The topological polar surface area (TPSA) is 115 Å². The van der Waals surface area contributed by atoms with Crippen LogP contribution in [0.25, 0.3) is 0 Å². The molecule has 0 bridgehead atoms. The Morgan fingerprint density at radius 1 is 0.612 bits per heavy atom. The van der Waals surface area contributed by atoms with Gasteiger partial charge in [0, 0.05) is 7.11 Å². The van der Waals surface area contributed by atoms with Gasteiger partial charge in [0.25, 0.3) is 0 Å². The van der Waals surface area contributed by atoms with E-state index in [1.54, 1.807) is 0 Å². The minimum Gasteiger partial charge on any atom is -0.368 e. The number of rotatable bonds is 19. The number of ether oxygens (including phenoxy) is 5. The van der Waals surface area contributed by atoms with Crippen molar-refractivity contribution in [2.75, 3.05) is 20.3 Å². The van der Waals surface area contributed by atoms with Crippen LogP contribution in [0.5, 0.6) is 0 Å². The third-order valence-electron chi connectivity index (χ3n) is 7.77. The molecule has 258 valence electrons. The quantitative estimate of drug-likeness (QED) is 0.0730. The zero-order chi connectivity index (χ0) is 34.2. The summed E-state index contributed by atoms with van der Waals surface area (Å²) in [5, 5.41) is 9.07. The maximum Gasteiger partial charge on any atom is 0.475 e. The fraction of sp³-hybridized carbons (Fsp3) is 0.342. The Labute approximate surface area is 288 Å². The van der Waals surface area contributed by atoms with E-state index in [0.29, 0.717) is 0 Å². The third-order valence-corrected chi connectivity index (χ3v) is 9.18. The van der Waals surface area contributed by atoms with Crippen molar-refractivity contribution in [3.8, 4) is 6.07 Å². The van der Waals surface area contributed by atoms with Gasteiger partial charge in [-0.05, 0) is 22.3 Å². The van der Waals surface area contributed by atoms with Crippen molar-refractivity contribution in [1.82, 2.24) is 0 Å². The van der Waals surface area contributed by atoms with Gasteiger partial charge in [-0.15, -0.1) is 0 Å². The van der Waals surface area contributed by atoms with Crippen LogP contribution in [0.1, 0.15) is 28.7 Å². The molecule has 1 fully saturated rings. The normalized spacial score (nSPS) is 21.8. The van der Waals surface area contributed by atoms with E-state index >= 15 is 0 Å². The Hall–Kier alpha value is -3.72. The minimum absolute atomic E-state index is 0.00632. The van der Waals surface area contributed by atoms with E-state index in [2.05, 4.69) is 0 Å². The molecule has 1 unspecified atom stereocenters. The second-order valence-electron chi connectivity index (χ2n) is 11.3. The Morgan fingerprint density at radius 2 is 1.06 bits per heavy atom. The predicted octanol–water partition coefficient (Wildman–Crippen LogP) is 7.39. The van der Waals surface area contributed by atoms with Gasteiger partial charge in [-0.3, -0.25) is 13.6 Å². The van der Waals surface area contributed by atoms with Gasteiger partial charge in [0.05, 0.1) is 52.1 Å². The van der Waals surface area contributed by atoms with E-state index < -0.39 is 38.5 Å². The number of nitrogens with zero attached hydrogens (tertiary/aromatic N) is 1. The average molecular weight is 688 g/mol. The lowest BCUT2D eigenvalue weighted by atomic mass is 9.98. The highest BCUT2D eigenvalue weighted by molar-refractivity contribution is 7.48. The number of phosphoric acid groups is 1. The molecule has 0 aromatic heterocycles. The van der Waals surface area contributed by atoms with Crippen LogP contribution in [0, 0.1) is 11.3 Å². The summed E-state index contributed by atoms with van der Waals surface area (Å²) in [4.78, 5) is 0. The summed E-state index contributed by atoms with van der Waals surface area (Å²) in [5.74, 6) is 0. The second-order valence-corrected chi connectivity index (χ2v) is 13.0. The van der Waals surface area contributed by atoms with Gasteiger partial charge in [-0.2, -0.15) is 5.26 Å². The minimum atomic E-state index is -4.16. The first-order chi connectivity index (χ1) is 24.1. The molecule has 1 aliphatic heterocycles. The number of methoxy groups -OCH3 is 1. The van der Waals surface area contributed by atoms with E-state index in [-0.39, 0.29) is 46.1 Å². The maximum absolute atomic E-state index is 13.9. The van der Waals surface area contributed by atoms with Gasteiger partial charge >= 0.3 is 7.82 Å². The van der Waals surface area contributed by atoms with E-state index in [4.69, 9.17) is 42.5 Å². The van der Waals surface area contributed by atoms with Crippen molar-refractivity contribution in [1.29, 1.82) is 5.26 Å². The average Bonchev–Trinajstić information content (AvgIpc) is 3.15. The molecule has 0 amide bonds. The molecule has 11 heteroatoms. The second kappa shape index (κ2) is 19.5. The standard InChI is InChI=1S/C38H42NO9P/c1-41-38-37(44-27-32-19-10-4-11-20-32)36(43-26-31-17-8-3-9-18-31)35(42-25-30-15-6-2-7-16-30)34(48-38)29-47-49(40,45-24-14-23-39)46-28-33-21-12-5-13-22-33/h2-13,15-22,34-38H,14,24-29H2,1H3/t34-,35-,36+,37-,38+,49?/m1/s1. The van der Waals surface area contributed by atoms with Crippen LogP contribution in [0.2, 0.25) is 0 Å². The van der Waals surface area contributed by atoms with Crippen molar-refractivity contribution >= 4 is 7.82 Å². The van der Waals surface area contributed by atoms with Crippen molar-refractivity contribution in [2.24, 2.45) is 0 Å². The van der Waals surface area contributed by atoms with Crippen LogP contribution < -0.4 is 0 Å². The van der Waals surface area contributed by atoms with E-state index in [0.717, 1.165) is 22.3 Å². The molecule has 0 spiro atoms. The van der Waals surface area contributed by atoms with Gasteiger partial charge in [-0.25, -0.2) is 4.57 Å². The Bertz CT molecular complexity index is 1590. The molecular weight excluding hydrogens is 645 g/mol. The summed E-state index contributed by atoms with van der Waals surface area (Å²) in [5.41, 5.74) is 3.65. The summed E-state index contributed by atoms with van der Waals surface area (Å²) in [6.07, 6.45) is -3.91. The molecule has 49 heavy (non-hydrogen) atoms. The highest BCUT2D eigenvalue weighted by Crippen LogP contribution is 2.51. The maximum atomic E-state index is 13.9. The molecule has 1 heterocycles. The SMILES string of the molecule is CO[C@H]1O[C@H](COP(=O)(OCCC#N)OCc2ccccc2)[C@@H](OCc2ccccc2)[C@H](OCc2ccccc2)[C@H]1OCc1ccccc1. The molecule has 1 saturated heterocycles. The van der Waals surface area contributed by atoms with Gasteiger partial charge in [-0.1, -0.05) is 121 Å². The fourth-order valence-corrected chi connectivity index (χ4v) is 6.45. The van der Waals surface area contributed by atoms with Gasteiger partial charge < -0.3 is 23.7 Å². The predicted molar refractivity (Wildman–Crippen MR) is 182 cm³/mol. The monoisotopic (exact) mass is 687 g/mol. The highest BCUT2D eigenvalue weighted by Gasteiger charge is 2.49. The van der Waals surface area contributed by atoms with E-state index in [9.17, 15) is 4.57 Å². The van der Waals surface area contributed by atoms with Gasteiger partial charge in [0.15, 0.2) is 6.29 Å².